The summed E-state index contributed by atoms with van der Waals surface area (Å²) in [5.41, 5.74) is 3.00. The molecule has 0 aromatic heterocycles. The zero-order valence-electron chi connectivity index (χ0n) is 23.3. The van der Waals surface area contributed by atoms with E-state index in [1.165, 1.54) is 7.11 Å². The predicted molar refractivity (Wildman–Crippen MR) is 163 cm³/mol. The fourth-order valence-corrected chi connectivity index (χ4v) is 5.34. The molecular formula is C37H31NO4. The molecule has 0 saturated heterocycles. The van der Waals surface area contributed by atoms with Gasteiger partial charge in [0, 0.05) is 17.5 Å². The number of hydrogen-bond acceptors (Lipinski definition) is 4. The fourth-order valence-electron chi connectivity index (χ4n) is 5.34. The Balaban J connectivity index is 1.50. The van der Waals surface area contributed by atoms with Crippen LogP contribution in [0.25, 0.3) is 0 Å². The molecule has 0 radical (unpaired) electrons. The van der Waals surface area contributed by atoms with Crippen LogP contribution in [0.15, 0.2) is 146 Å². The Bertz CT molecular complexity index is 1540. The molecule has 42 heavy (non-hydrogen) atoms. The zero-order chi connectivity index (χ0) is 29.4. The van der Waals surface area contributed by atoms with Gasteiger partial charge in [0.15, 0.2) is 5.78 Å². The van der Waals surface area contributed by atoms with Gasteiger partial charge in [-0.2, -0.15) is 0 Å². The predicted octanol–water partition coefficient (Wildman–Crippen LogP) is 6.15. The van der Waals surface area contributed by atoms with Crippen LogP contribution < -0.4 is 5.32 Å². The van der Waals surface area contributed by atoms with Gasteiger partial charge in [0.05, 0.1) is 7.11 Å². The molecule has 0 unspecified atom stereocenters. The van der Waals surface area contributed by atoms with Gasteiger partial charge in [-0.1, -0.05) is 146 Å². The van der Waals surface area contributed by atoms with E-state index in [2.05, 4.69) is 5.32 Å². The number of ether oxygens (including phenoxy) is 1. The van der Waals surface area contributed by atoms with E-state index in [9.17, 15) is 14.4 Å². The highest BCUT2D eigenvalue weighted by Crippen LogP contribution is 2.39. The molecule has 1 N–H and O–H groups in total. The minimum absolute atomic E-state index is 0.0849. The Morgan fingerprint density at radius 3 is 1.43 bits per heavy atom. The fraction of sp³-hybridized carbons (Fsp3) is 0.108. The molecule has 1 atom stereocenters. The third kappa shape index (κ3) is 5.77. The lowest BCUT2D eigenvalue weighted by atomic mass is 9.68. The lowest BCUT2D eigenvalue weighted by molar-refractivity contribution is -0.145. The van der Waals surface area contributed by atoms with E-state index in [0.717, 1.165) is 22.3 Å². The summed E-state index contributed by atoms with van der Waals surface area (Å²) in [6.07, 6.45) is 0.187. The van der Waals surface area contributed by atoms with Crippen molar-refractivity contribution < 1.29 is 19.1 Å². The molecule has 0 saturated carbocycles. The summed E-state index contributed by atoms with van der Waals surface area (Å²) >= 11 is 0. The average Bonchev–Trinajstić information content (AvgIpc) is 3.06. The topological polar surface area (TPSA) is 72.5 Å². The number of carbonyl (C=O) groups excluding carboxylic acids is 3. The molecule has 5 rings (SSSR count). The van der Waals surface area contributed by atoms with Crippen LogP contribution in [-0.4, -0.2) is 30.8 Å². The second-order valence-electron chi connectivity index (χ2n) is 9.99. The summed E-state index contributed by atoms with van der Waals surface area (Å²) in [6.45, 7) is 0. The number of rotatable bonds is 10. The van der Waals surface area contributed by atoms with E-state index < -0.39 is 17.4 Å². The van der Waals surface area contributed by atoms with Crippen LogP contribution >= 0.6 is 0 Å². The lowest BCUT2D eigenvalue weighted by Gasteiger charge is -2.35. The number of carbonyl (C=O) groups is 3. The van der Waals surface area contributed by atoms with Crippen molar-refractivity contribution >= 4 is 17.7 Å². The zero-order valence-corrected chi connectivity index (χ0v) is 23.3. The first kappa shape index (κ1) is 28.2. The highest BCUT2D eigenvalue weighted by atomic mass is 16.5. The van der Waals surface area contributed by atoms with E-state index in [1.807, 2.05) is 109 Å². The van der Waals surface area contributed by atoms with Gasteiger partial charge in [0.25, 0.3) is 0 Å². The maximum absolute atomic E-state index is 14.6. The van der Waals surface area contributed by atoms with Gasteiger partial charge in [-0.15, -0.1) is 0 Å². The van der Waals surface area contributed by atoms with Crippen LogP contribution in [0.3, 0.4) is 0 Å². The lowest BCUT2D eigenvalue weighted by Crippen LogP contribution is -2.52. The largest absolute Gasteiger partial charge is 0.467 e. The molecule has 0 aliphatic carbocycles. The minimum atomic E-state index is -1.23. The minimum Gasteiger partial charge on any atom is -0.467 e. The Morgan fingerprint density at radius 1 is 0.595 bits per heavy atom. The Kier molecular flexibility index (Phi) is 8.69. The molecule has 208 valence electrons. The summed E-state index contributed by atoms with van der Waals surface area (Å²) in [6, 6.07) is 43.9. The highest BCUT2D eigenvalue weighted by Gasteiger charge is 2.45. The summed E-state index contributed by atoms with van der Waals surface area (Å²) in [4.78, 5) is 40.5. The van der Waals surface area contributed by atoms with Gasteiger partial charge < -0.3 is 10.1 Å². The van der Waals surface area contributed by atoms with E-state index in [-0.39, 0.29) is 18.1 Å². The quantitative estimate of drug-likeness (QED) is 0.128. The molecule has 0 heterocycles. The third-order valence-electron chi connectivity index (χ3n) is 7.44. The Hall–Kier alpha value is -5.29. The summed E-state index contributed by atoms with van der Waals surface area (Å²) < 4.78 is 5.13. The van der Waals surface area contributed by atoms with Crippen molar-refractivity contribution in [2.75, 3.05) is 7.11 Å². The van der Waals surface area contributed by atoms with Crippen LogP contribution in [0, 0.1) is 0 Å². The van der Waals surface area contributed by atoms with Crippen molar-refractivity contribution in [2.24, 2.45) is 0 Å². The maximum atomic E-state index is 14.6. The van der Waals surface area contributed by atoms with Crippen LogP contribution in [0.1, 0.15) is 38.2 Å². The number of ketones is 1. The monoisotopic (exact) mass is 553 g/mol. The van der Waals surface area contributed by atoms with Crippen molar-refractivity contribution in [3.8, 4) is 0 Å². The smallest absolute Gasteiger partial charge is 0.328 e. The number of amides is 1. The van der Waals surface area contributed by atoms with Crippen molar-refractivity contribution in [1.29, 1.82) is 0 Å². The number of esters is 1. The standard InChI is InChI=1S/C37H31NO4/c1-42-35(40)33(26-27-22-24-29(25-23-27)34(39)28-14-6-2-7-15-28)38-36(41)37(30-16-8-3-9-17-30,31-18-10-4-11-19-31)32-20-12-5-13-21-32/h2-25,33H,26H2,1H3,(H,38,41)/t33-/m1/s1. The molecule has 0 spiro atoms. The first-order valence-electron chi connectivity index (χ1n) is 13.8. The summed E-state index contributed by atoms with van der Waals surface area (Å²) in [5, 5.41) is 3.04. The van der Waals surface area contributed by atoms with Crippen molar-refractivity contribution in [3.63, 3.8) is 0 Å². The number of benzene rings is 5. The van der Waals surface area contributed by atoms with Crippen molar-refractivity contribution in [3.05, 3.63) is 179 Å². The summed E-state index contributed by atoms with van der Waals surface area (Å²) in [5.74, 6) is -0.994. The van der Waals surface area contributed by atoms with Crippen LogP contribution in [-0.2, 0) is 26.2 Å². The molecule has 5 aromatic carbocycles. The number of hydrogen-bond donors (Lipinski definition) is 1. The number of methoxy groups -OCH3 is 1. The molecule has 5 heteroatoms. The molecule has 1 amide bonds. The maximum Gasteiger partial charge on any atom is 0.328 e. The van der Waals surface area contributed by atoms with Gasteiger partial charge in [-0.3, -0.25) is 9.59 Å². The molecule has 5 nitrogen and oxygen atoms in total. The third-order valence-corrected chi connectivity index (χ3v) is 7.44. The molecule has 5 aromatic rings. The van der Waals surface area contributed by atoms with E-state index in [1.54, 1.807) is 36.4 Å². The molecule has 0 bridgehead atoms. The van der Waals surface area contributed by atoms with Gasteiger partial charge in [-0.05, 0) is 22.3 Å². The van der Waals surface area contributed by atoms with Crippen LogP contribution in [0.2, 0.25) is 0 Å². The molecular weight excluding hydrogens is 522 g/mol. The van der Waals surface area contributed by atoms with Gasteiger partial charge in [0.1, 0.15) is 11.5 Å². The first-order chi connectivity index (χ1) is 20.5. The SMILES string of the molecule is COC(=O)[C@@H](Cc1ccc(C(=O)c2ccccc2)cc1)NC(=O)C(c1ccccc1)(c1ccccc1)c1ccccc1. The van der Waals surface area contributed by atoms with Crippen molar-refractivity contribution in [1.82, 2.24) is 5.32 Å². The van der Waals surface area contributed by atoms with E-state index in [0.29, 0.717) is 11.1 Å². The Morgan fingerprint density at radius 2 is 1.00 bits per heavy atom. The first-order valence-corrected chi connectivity index (χ1v) is 13.8. The average molecular weight is 554 g/mol. The normalized spacial score (nSPS) is 11.7. The molecule has 0 aliphatic rings. The number of nitrogens with one attached hydrogen (secondary N) is 1. The van der Waals surface area contributed by atoms with Crippen LogP contribution in [0.5, 0.6) is 0 Å². The van der Waals surface area contributed by atoms with E-state index >= 15 is 0 Å². The second kappa shape index (κ2) is 12.9. The Labute approximate surface area is 245 Å². The van der Waals surface area contributed by atoms with E-state index in [4.69, 9.17) is 4.74 Å². The van der Waals surface area contributed by atoms with Crippen LogP contribution in [0.4, 0.5) is 0 Å². The van der Waals surface area contributed by atoms with Gasteiger partial charge in [0.2, 0.25) is 5.91 Å². The van der Waals surface area contributed by atoms with Gasteiger partial charge in [-0.25, -0.2) is 4.79 Å². The van der Waals surface area contributed by atoms with Gasteiger partial charge >= 0.3 is 5.97 Å². The molecule has 0 fully saturated rings. The second-order valence-corrected chi connectivity index (χ2v) is 9.99. The summed E-state index contributed by atoms with van der Waals surface area (Å²) in [7, 11) is 1.31. The highest BCUT2D eigenvalue weighted by molar-refractivity contribution is 6.09. The van der Waals surface area contributed by atoms with Crippen molar-refractivity contribution in [2.45, 2.75) is 17.9 Å². The molecule has 0 aliphatic heterocycles.